The molecule has 0 aromatic heterocycles. The van der Waals surface area contributed by atoms with Crippen molar-refractivity contribution in [1.82, 2.24) is 0 Å². The van der Waals surface area contributed by atoms with Crippen LogP contribution in [0.3, 0.4) is 0 Å². The van der Waals surface area contributed by atoms with Gasteiger partial charge in [0.25, 0.3) is 0 Å². The Morgan fingerprint density at radius 2 is 2.09 bits per heavy atom. The first kappa shape index (κ1) is 10.0. The smallest absolute Gasteiger partial charge is 0.306 e. The van der Waals surface area contributed by atoms with Crippen LogP contribution in [0.2, 0.25) is 0 Å². The molecule has 0 amide bonds. The highest BCUT2D eigenvalue weighted by Crippen LogP contribution is 2.13. The Bertz CT molecular complexity index is 185. The first-order chi connectivity index (χ1) is 5.09. The van der Waals surface area contributed by atoms with Crippen LogP contribution in [-0.4, -0.2) is 11.1 Å². The molecule has 2 nitrogen and oxygen atoms in total. The second-order valence-corrected chi connectivity index (χ2v) is 2.74. The van der Waals surface area contributed by atoms with Gasteiger partial charge in [0, 0.05) is 6.42 Å². The summed E-state index contributed by atoms with van der Waals surface area (Å²) in [5.41, 5.74) is 0. The van der Waals surface area contributed by atoms with E-state index in [1.165, 1.54) is 0 Å². The Hall–Kier alpha value is -0.970. The predicted molar refractivity (Wildman–Crippen MR) is 44.0 cm³/mol. The molecule has 1 N–H and O–H groups in total. The Balaban J connectivity index is 3.88. The SMILES string of the molecule is CC#CCC(C)C(C)C(=O)O. The average Bonchev–Trinajstić information content (AvgIpc) is 1.98. The number of carboxylic acid groups (broad SMARTS) is 1. The zero-order valence-electron chi connectivity index (χ0n) is 7.22. The van der Waals surface area contributed by atoms with Gasteiger partial charge >= 0.3 is 5.97 Å². The molecular formula is C9H14O2. The largest absolute Gasteiger partial charge is 0.481 e. The van der Waals surface area contributed by atoms with Crippen molar-refractivity contribution in [2.24, 2.45) is 11.8 Å². The van der Waals surface area contributed by atoms with Gasteiger partial charge < -0.3 is 5.11 Å². The van der Waals surface area contributed by atoms with Crippen molar-refractivity contribution in [3.8, 4) is 11.8 Å². The van der Waals surface area contributed by atoms with Crippen LogP contribution in [-0.2, 0) is 4.79 Å². The van der Waals surface area contributed by atoms with Crippen molar-refractivity contribution in [1.29, 1.82) is 0 Å². The van der Waals surface area contributed by atoms with E-state index >= 15 is 0 Å². The van der Waals surface area contributed by atoms with E-state index in [4.69, 9.17) is 5.11 Å². The molecule has 0 bridgehead atoms. The van der Waals surface area contributed by atoms with Crippen molar-refractivity contribution < 1.29 is 9.90 Å². The lowest BCUT2D eigenvalue weighted by atomic mass is 9.93. The zero-order chi connectivity index (χ0) is 8.85. The molecule has 0 aliphatic rings. The molecule has 0 spiro atoms. The molecule has 0 fully saturated rings. The Labute approximate surface area is 67.6 Å². The van der Waals surface area contributed by atoms with E-state index in [-0.39, 0.29) is 11.8 Å². The fraction of sp³-hybridized carbons (Fsp3) is 0.667. The van der Waals surface area contributed by atoms with E-state index in [0.29, 0.717) is 6.42 Å². The number of rotatable bonds is 3. The summed E-state index contributed by atoms with van der Waals surface area (Å²) in [4.78, 5) is 10.5. The van der Waals surface area contributed by atoms with Crippen LogP contribution in [0.25, 0.3) is 0 Å². The van der Waals surface area contributed by atoms with Crippen molar-refractivity contribution in [3.05, 3.63) is 0 Å². The summed E-state index contributed by atoms with van der Waals surface area (Å²) in [5, 5.41) is 8.60. The lowest BCUT2D eigenvalue weighted by Crippen LogP contribution is -2.17. The maximum Gasteiger partial charge on any atom is 0.306 e. The molecule has 0 aliphatic heterocycles. The van der Waals surface area contributed by atoms with Crippen LogP contribution in [0.4, 0.5) is 0 Å². The van der Waals surface area contributed by atoms with Gasteiger partial charge in [-0.3, -0.25) is 4.79 Å². The van der Waals surface area contributed by atoms with Gasteiger partial charge in [0.2, 0.25) is 0 Å². The third-order valence-corrected chi connectivity index (χ3v) is 1.84. The topological polar surface area (TPSA) is 37.3 Å². The molecule has 0 heterocycles. The first-order valence-electron chi connectivity index (χ1n) is 3.72. The van der Waals surface area contributed by atoms with Crippen molar-refractivity contribution in [2.45, 2.75) is 27.2 Å². The van der Waals surface area contributed by atoms with Gasteiger partial charge in [-0.15, -0.1) is 11.8 Å². The highest BCUT2D eigenvalue weighted by molar-refractivity contribution is 5.69. The molecule has 0 aromatic rings. The maximum absolute atomic E-state index is 10.5. The van der Waals surface area contributed by atoms with Gasteiger partial charge in [0.15, 0.2) is 0 Å². The molecular weight excluding hydrogens is 140 g/mol. The second-order valence-electron chi connectivity index (χ2n) is 2.74. The van der Waals surface area contributed by atoms with Crippen molar-refractivity contribution >= 4 is 5.97 Å². The van der Waals surface area contributed by atoms with Crippen LogP contribution in [0.5, 0.6) is 0 Å². The number of hydrogen-bond donors (Lipinski definition) is 1. The fourth-order valence-corrected chi connectivity index (χ4v) is 0.683. The minimum atomic E-state index is -0.740. The van der Waals surface area contributed by atoms with Gasteiger partial charge in [0.1, 0.15) is 0 Å². The van der Waals surface area contributed by atoms with E-state index in [9.17, 15) is 4.79 Å². The van der Waals surface area contributed by atoms with Crippen LogP contribution < -0.4 is 0 Å². The second kappa shape index (κ2) is 4.79. The number of carboxylic acids is 1. The Kier molecular flexibility index (Phi) is 4.36. The van der Waals surface area contributed by atoms with Gasteiger partial charge in [-0.25, -0.2) is 0 Å². The molecule has 2 unspecified atom stereocenters. The minimum absolute atomic E-state index is 0.139. The van der Waals surface area contributed by atoms with E-state index in [1.807, 2.05) is 6.92 Å². The number of aliphatic carboxylic acids is 1. The normalized spacial score (nSPS) is 14.5. The molecule has 11 heavy (non-hydrogen) atoms. The summed E-state index contributed by atoms with van der Waals surface area (Å²) in [7, 11) is 0. The van der Waals surface area contributed by atoms with Gasteiger partial charge in [-0.2, -0.15) is 0 Å². The van der Waals surface area contributed by atoms with Gasteiger partial charge in [0.05, 0.1) is 5.92 Å². The summed E-state index contributed by atoms with van der Waals surface area (Å²) in [5.74, 6) is 4.72. The van der Waals surface area contributed by atoms with E-state index in [2.05, 4.69) is 11.8 Å². The van der Waals surface area contributed by atoms with Crippen molar-refractivity contribution in [2.75, 3.05) is 0 Å². The molecule has 0 saturated carbocycles. The molecule has 0 radical (unpaired) electrons. The third kappa shape index (κ3) is 3.67. The molecule has 2 heteroatoms. The highest BCUT2D eigenvalue weighted by Gasteiger charge is 2.17. The predicted octanol–water partition coefficient (Wildman–Crippen LogP) is 1.76. The summed E-state index contributed by atoms with van der Waals surface area (Å²) in [6.07, 6.45) is 0.671. The molecule has 0 saturated heterocycles. The summed E-state index contributed by atoms with van der Waals surface area (Å²) < 4.78 is 0. The van der Waals surface area contributed by atoms with Crippen molar-refractivity contribution in [3.63, 3.8) is 0 Å². The van der Waals surface area contributed by atoms with Crippen LogP contribution in [0.15, 0.2) is 0 Å². The Morgan fingerprint density at radius 1 is 1.55 bits per heavy atom. The molecule has 0 aromatic carbocycles. The summed E-state index contributed by atoms with van der Waals surface area (Å²) in [6, 6.07) is 0. The van der Waals surface area contributed by atoms with Crippen LogP contribution in [0, 0.1) is 23.7 Å². The summed E-state index contributed by atoms with van der Waals surface area (Å²) in [6.45, 7) is 5.38. The molecule has 2 atom stereocenters. The Morgan fingerprint density at radius 3 is 2.45 bits per heavy atom. The number of hydrogen-bond acceptors (Lipinski definition) is 1. The summed E-state index contributed by atoms with van der Waals surface area (Å²) >= 11 is 0. The lowest BCUT2D eigenvalue weighted by Gasteiger charge is -2.11. The van der Waals surface area contributed by atoms with Gasteiger partial charge in [-0.05, 0) is 12.8 Å². The first-order valence-corrected chi connectivity index (χ1v) is 3.72. The maximum atomic E-state index is 10.5. The monoisotopic (exact) mass is 154 g/mol. The van der Waals surface area contributed by atoms with E-state index < -0.39 is 5.97 Å². The third-order valence-electron chi connectivity index (χ3n) is 1.84. The average molecular weight is 154 g/mol. The van der Waals surface area contributed by atoms with Crippen LogP contribution in [0.1, 0.15) is 27.2 Å². The quantitative estimate of drug-likeness (QED) is 0.629. The molecule has 0 rings (SSSR count). The molecule has 62 valence electrons. The standard InChI is InChI=1S/C9H14O2/c1-4-5-6-7(2)8(3)9(10)11/h7-8H,6H2,1-3H3,(H,10,11). The zero-order valence-corrected chi connectivity index (χ0v) is 7.22. The number of carbonyl (C=O) groups is 1. The van der Waals surface area contributed by atoms with Crippen LogP contribution >= 0.6 is 0 Å². The fourth-order valence-electron chi connectivity index (χ4n) is 0.683. The lowest BCUT2D eigenvalue weighted by molar-refractivity contribution is -0.142. The van der Waals surface area contributed by atoms with E-state index in [0.717, 1.165) is 0 Å². The highest BCUT2D eigenvalue weighted by atomic mass is 16.4. The van der Waals surface area contributed by atoms with Gasteiger partial charge in [-0.1, -0.05) is 13.8 Å². The van der Waals surface area contributed by atoms with E-state index in [1.54, 1.807) is 13.8 Å². The molecule has 0 aliphatic carbocycles. The minimum Gasteiger partial charge on any atom is -0.481 e.